The minimum atomic E-state index is -0.773. The van der Waals surface area contributed by atoms with Gasteiger partial charge in [-0.1, -0.05) is 66.7 Å². The van der Waals surface area contributed by atoms with Gasteiger partial charge in [0.25, 0.3) is 11.7 Å². The number of hydrogen-bond donors (Lipinski definition) is 1. The number of Topliss-reactive ketones (excluding diaryl/α,β-unsaturated/α-hetero) is 1. The van der Waals surface area contributed by atoms with Crippen molar-refractivity contribution in [2.24, 2.45) is 0 Å². The molecular weight excluding hydrogens is 414 g/mol. The summed E-state index contributed by atoms with van der Waals surface area (Å²) in [7, 11) is 1.57. The van der Waals surface area contributed by atoms with Gasteiger partial charge in [0.2, 0.25) is 0 Å². The highest BCUT2D eigenvalue weighted by Gasteiger charge is 2.46. The lowest BCUT2D eigenvalue weighted by Crippen LogP contribution is -2.29. The molecule has 1 unspecified atom stereocenters. The van der Waals surface area contributed by atoms with E-state index in [1.807, 2.05) is 54.6 Å². The first-order valence-electron chi connectivity index (χ1n) is 10.6. The number of fused-ring (bicyclic) bond motifs is 1. The van der Waals surface area contributed by atoms with Gasteiger partial charge in [-0.15, -0.1) is 0 Å². The minimum Gasteiger partial charge on any atom is -0.507 e. The summed E-state index contributed by atoms with van der Waals surface area (Å²) >= 11 is 0. The number of amides is 1. The highest BCUT2D eigenvalue weighted by atomic mass is 16.5. The first-order valence-corrected chi connectivity index (χ1v) is 10.6. The average molecular weight is 435 g/mol. The Hall–Kier alpha value is -4.38. The van der Waals surface area contributed by atoms with E-state index in [0.29, 0.717) is 22.6 Å². The maximum atomic E-state index is 13.2. The van der Waals surface area contributed by atoms with Crippen LogP contribution < -0.4 is 9.64 Å². The third-order valence-corrected chi connectivity index (χ3v) is 5.93. The molecule has 5 heteroatoms. The van der Waals surface area contributed by atoms with Gasteiger partial charge in [-0.2, -0.15) is 0 Å². The number of benzene rings is 4. The number of ketones is 1. The molecule has 0 radical (unpaired) electrons. The lowest BCUT2D eigenvalue weighted by atomic mass is 9.94. The van der Waals surface area contributed by atoms with E-state index in [2.05, 4.69) is 0 Å². The molecule has 1 aliphatic rings. The van der Waals surface area contributed by atoms with E-state index in [4.69, 9.17) is 4.74 Å². The van der Waals surface area contributed by atoms with Crippen LogP contribution in [-0.2, 0) is 9.59 Å². The van der Waals surface area contributed by atoms with E-state index in [-0.39, 0.29) is 11.3 Å². The number of rotatable bonds is 4. The highest BCUT2D eigenvalue weighted by molar-refractivity contribution is 6.51. The van der Waals surface area contributed by atoms with Crippen LogP contribution in [-0.4, -0.2) is 23.9 Å². The van der Waals surface area contributed by atoms with E-state index in [1.54, 1.807) is 49.6 Å². The van der Waals surface area contributed by atoms with Gasteiger partial charge in [0.05, 0.1) is 18.7 Å². The number of nitrogens with zero attached hydrogens (tertiary/aromatic N) is 1. The maximum Gasteiger partial charge on any atom is 0.300 e. The maximum absolute atomic E-state index is 13.2. The Balaban J connectivity index is 1.71. The topological polar surface area (TPSA) is 66.8 Å². The predicted molar refractivity (Wildman–Crippen MR) is 128 cm³/mol. The number of methoxy groups -OCH3 is 1. The first kappa shape index (κ1) is 20.5. The Kier molecular flexibility index (Phi) is 5.15. The molecule has 1 fully saturated rings. The molecule has 1 heterocycles. The van der Waals surface area contributed by atoms with E-state index in [9.17, 15) is 14.7 Å². The number of aliphatic hydroxyl groups is 1. The molecule has 4 aromatic carbocycles. The van der Waals surface area contributed by atoms with Crippen molar-refractivity contribution in [2.75, 3.05) is 12.0 Å². The smallest absolute Gasteiger partial charge is 0.300 e. The summed E-state index contributed by atoms with van der Waals surface area (Å²) in [5.74, 6) is -0.932. The van der Waals surface area contributed by atoms with E-state index in [0.717, 1.165) is 10.8 Å². The van der Waals surface area contributed by atoms with Gasteiger partial charge in [0, 0.05) is 11.3 Å². The second-order valence-corrected chi connectivity index (χ2v) is 7.84. The van der Waals surface area contributed by atoms with Crippen molar-refractivity contribution >= 4 is 33.9 Å². The molecule has 0 saturated carbocycles. The number of aliphatic hydroxyl groups excluding tert-OH is 1. The van der Waals surface area contributed by atoms with Crippen LogP contribution in [0.15, 0.2) is 103 Å². The molecule has 5 nitrogen and oxygen atoms in total. The molecule has 1 saturated heterocycles. The number of hydrogen-bond acceptors (Lipinski definition) is 4. The number of ether oxygens (including phenoxy) is 1. The molecular formula is C28H21NO4. The van der Waals surface area contributed by atoms with Crippen LogP contribution in [0, 0.1) is 0 Å². The van der Waals surface area contributed by atoms with Crippen LogP contribution in [0.2, 0.25) is 0 Å². The van der Waals surface area contributed by atoms with Gasteiger partial charge in [0.15, 0.2) is 0 Å². The summed E-state index contributed by atoms with van der Waals surface area (Å²) in [5.41, 5.74) is 1.82. The van der Waals surface area contributed by atoms with Crippen LogP contribution >= 0.6 is 0 Å². The fourth-order valence-corrected chi connectivity index (χ4v) is 4.28. The number of para-hydroxylation sites is 1. The molecule has 1 amide bonds. The van der Waals surface area contributed by atoms with Crippen molar-refractivity contribution < 1.29 is 19.4 Å². The largest absolute Gasteiger partial charge is 0.507 e. The van der Waals surface area contributed by atoms with Gasteiger partial charge in [-0.3, -0.25) is 14.5 Å². The fourth-order valence-electron chi connectivity index (χ4n) is 4.28. The molecule has 33 heavy (non-hydrogen) atoms. The zero-order valence-electron chi connectivity index (χ0n) is 17.9. The van der Waals surface area contributed by atoms with Crippen molar-refractivity contribution in [3.8, 4) is 5.75 Å². The predicted octanol–water partition coefficient (Wildman–Crippen LogP) is 5.47. The quantitative estimate of drug-likeness (QED) is 0.262. The average Bonchev–Trinajstić information content (AvgIpc) is 3.14. The molecule has 162 valence electrons. The molecule has 0 aromatic heterocycles. The summed E-state index contributed by atoms with van der Waals surface area (Å²) in [5, 5.41) is 13.3. The third kappa shape index (κ3) is 3.53. The van der Waals surface area contributed by atoms with Crippen molar-refractivity contribution in [1.29, 1.82) is 0 Å². The Morgan fingerprint density at radius 2 is 1.48 bits per heavy atom. The van der Waals surface area contributed by atoms with Crippen molar-refractivity contribution in [3.05, 3.63) is 114 Å². The second-order valence-electron chi connectivity index (χ2n) is 7.84. The molecule has 0 bridgehead atoms. The van der Waals surface area contributed by atoms with Crippen LogP contribution in [0.3, 0.4) is 0 Å². The Bertz CT molecular complexity index is 1390. The monoisotopic (exact) mass is 435 g/mol. The fraction of sp³-hybridized carbons (Fsp3) is 0.0714. The molecule has 0 spiro atoms. The van der Waals surface area contributed by atoms with Crippen LogP contribution in [0.4, 0.5) is 5.69 Å². The molecule has 1 N–H and O–H groups in total. The molecule has 5 rings (SSSR count). The summed E-state index contributed by atoms with van der Waals surface area (Å²) in [6.45, 7) is 0. The lowest BCUT2D eigenvalue weighted by Gasteiger charge is -2.25. The standard InChI is InChI=1S/C28H21NO4/c1-33-23-15-13-19(14-16-23)25-24(27(31)28(32)29(25)22-9-3-2-4-10-22)26(30)21-12-11-18-7-5-6-8-20(18)17-21/h2-17,25,30H,1H3/b26-24-. The van der Waals surface area contributed by atoms with Crippen LogP contribution in [0.25, 0.3) is 16.5 Å². The molecule has 0 aliphatic carbocycles. The van der Waals surface area contributed by atoms with E-state index >= 15 is 0 Å². The minimum absolute atomic E-state index is 0.0595. The summed E-state index contributed by atoms with van der Waals surface area (Å²) in [4.78, 5) is 27.9. The normalized spacial score (nSPS) is 17.5. The summed E-state index contributed by atoms with van der Waals surface area (Å²) < 4.78 is 5.26. The Labute approximate surface area is 191 Å². The van der Waals surface area contributed by atoms with Gasteiger partial charge < -0.3 is 9.84 Å². The zero-order valence-corrected chi connectivity index (χ0v) is 17.9. The third-order valence-electron chi connectivity index (χ3n) is 5.93. The van der Waals surface area contributed by atoms with E-state index < -0.39 is 17.7 Å². The molecule has 1 atom stereocenters. The Morgan fingerprint density at radius 3 is 2.18 bits per heavy atom. The number of carbonyl (C=O) groups excluding carboxylic acids is 2. The first-order chi connectivity index (χ1) is 16.1. The highest BCUT2D eigenvalue weighted by Crippen LogP contribution is 2.42. The Morgan fingerprint density at radius 1 is 0.818 bits per heavy atom. The van der Waals surface area contributed by atoms with Gasteiger partial charge >= 0.3 is 0 Å². The SMILES string of the molecule is COc1ccc(C2/C(=C(/O)c3ccc4ccccc4c3)C(=O)C(=O)N2c2ccccc2)cc1. The number of anilines is 1. The van der Waals surface area contributed by atoms with Crippen molar-refractivity contribution in [1.82, 2.24) is 0 Å². The summed E-state index contributed by atoms with van der Waals surface area (Å²) in [6, 6.07) is 28.6. The summed E-state index contributed by atoms with van der Waals surface area (Å²) in [6.07, 6.45) is 0. The van der Waals surface area contributed by atoms with Crippen LogP contribution in [0.5, 0.6) is 5.75 Å². The lowest BCUT2D eigenvalue weighted by molar-refractivity contribution is -0.132. The zero-order chi connectivity index (χ0) is 22.9. The van der Waals surface area contributed by atoms with Crippen LogP contribution in [0.1, 0.15) is 17.2 Å². The molecule has 4 aromatic rings. The van der Waals surface area contributed by atoms with Gasteiger partial charge in [0.1, 0.15) is 11.5 Å². The van der Waals surface area contributed by atoms with E-state index in [1.165, 1.54) is 4.90 Å². The molecule has 1 aliphatic heterocycles. The van der Waals surface area contributed by atoms with Gasteiger partial charge in [-0.25, -0.2) is 0 Å². The number of carbonyl (C=O) groups is 2. The van der Waals surface area contributed by atoms with Crippen molar-refractivity contribution in [3.63, 3.8) is 0 Å². The van der Waals surface area contributed by atoms with Crippen molar-refractivity contribution in [2.45, 2.75) is 6.04 Å². The second kappa shape index (κ2) is 8.28. The van der Waals surface area contributed by atoms with Gasteiger partial charge in [-0.05, 0) is 46.7 Å².